The lowest BCUT2D eigenvalue weighted by atomic mass is 10.0. The fourth-order valence-corrected chi connectivity index (χ4v) is 6.66. The summed E-state index contributed by atoms with van der Waals surface area (Å²) in [5.41, 5.74) is 0.286. The molecule has 0 saturated carbocycles. The number of nitrogens with zero attached hydrogens (tertiary/aromatic N) is 2. The Balaban J connectivity index is 1.76. The SMILES string of the molecule is O=C1CS(=O)(=O)C2(C(=O)N(Cc3ccc(F)cc3)c3ccc(Cl)cc32)N1c1ccc(F)c(F)c1. The van der Waals surface area contributed by atoms with E-state index in [4.69, 9.17) is 11.6 Å². The summed E-state index contributed by atoms with van der Waals surface area (Å²) in [6, 6.07) is 11.8. The number of benzene rings is 3. The fraction of sp³-hybridized carbons (Fsp3) is 0.130. The van der Waals surface area contributed by atoms with Crippen LogP contribution in [-0.4, -0.2) is 26.0 Å². The smallest absolute Gasteiger partial charge is 0.274 e. The van der Waals surface area contributed by atoms with Gasteiger partial charge in [0.15, 0.2) is 21.5 Å². The van der Waals surface area contributed by atoms with Crippen molar-refractivity contribution < 1.29 is 31.2 Å². The van der Waals surface area contributed by atoms with Gasteiger partial charge in [0.2, 0.25) is 5.91 Å². The summed E-state index contributed by atoms with van der Waals surface area (Å²) in [5, 5.41) is 0.106. The molecule has 1 fully saturated rings. The quantitative estimate of drug-likeness (QED) is 0.540. The van der Waals surface area contributed by atoms with Gasteiger partial charge in [0, 0.05) is 22.3 Å². The molecule has 1 spiro atoms. The first kappa shape index (κ1) is 22.4. The number of amides is 2. The first-order valence-corrected chi connectivity index (χ1v) is 12.0. The lowest BCUT2D eigenvalue weighted by molar-refractivity contribution is -0.123. The molecule has 0 radical (unpaired) electrons. The Morgan fingerprint density at radius 2 is 1.62 bits per heavy atom. The molecule has 174 valence electrons. The van der Waals surface area contributed by atoms with E-state index in [1.165, 1.54) is 42.5 Å². The maximum Gasteiger partial charge on any atom is 0.274 e. The van der Waals surface area contributed by atoms with Gasteiger partial charge < -0.3 is 4.90 Å². The van der Waals surface area contributed by atoms with Crippen LogP contribution < -0.4 is 9.80 Å². The predicted molar refractivity (Wildman–Crippen MR) is 118 cm³/mol. The average molecular weight is 507 g/mol. The third-order valence-corrected chi connectivity index (χ3v) is 8.23. The van der Waals surface area contributed by atoms with Gasteiger partial charge in [-0.15, -0.1) is 0 Å². The Morgan fingerprint density at radius 1 is 0.912 bits per heavy atom. The zero-order valence-corrected chi connectivity index (χ0v) is 18.7. The second-order valence-corrected chi connectivity index (χ2v) is 10.5. The Morgan fingerprint density at radius 3 is 2.29 bits per heavy atom. The van der Waals surface area contributed by atoms with Gasteiger partial charge in [-0.2, -0.15) is 0 Å². The lowest BCUT2D eigenvalue weighted by Gasteiger charge is -2.32. The molecule has 2 aliphatic heterocycles. The molecule has 34 heavy (non-hydrogen) atoms. The van der Waals surface area contributed by atoms with Crippen molar-refractivity contribution in [2.24, 2.45) is 0 Å². The van der Waals surface area contributed by atoms with Crippen LogP contribution >= 0.6 is 11.6 Å². The molecular weight excluding hydrogens is 493 g/mol. The van der Waals surface area contributed by atoms with Crippen LogP contribution in [0, 0.1) is 17.5 Å². The minimum atomic E-state index is -4.52. The van der Waals surface area contributed by atoms with Crippen molar-refractivity contribution in [2.75, 3.05) is 15.6 Å². The predicted octanol–water partition coefficient (Wildman–Crippen LogP) is 3.92. The number of carbonyl (C=O) groups is 2. The Bertz CT molecular complexity index is 1480. The molecule has 6 nitrogen and oxygen atoms in total. The number of sulfone groups is 1. The number of rotatable bonds is 3. The standard InChI is InChI=1S/C23H14ClF3N2O4S/c24-14-3-8-20-17(9-14)23(22(31)28(20)11-13-1-4-15(25)5-2-13)29(21(30)12-34(23,32)33)16-6-7-18(26)19(27)10-16/h1-10H,11-12H2. The molecule has 2 heterocycles. The number of hydrogen-bond donors (Lipinski definition) is 0. The van der Waals surface area contributed by atoms with Crippen LogP contribution in [0.1, 0.15) is 11.1 Å². The molecule has 11 heteroatoms. The summed E-state index contributed by atoms with van der Waals surface area (Å²) in [7, 11) is -4.52. The van der Waals surface area contributed by atoms with E-state index < -0.39 is 49.7 Å². The third kappa shape index (κ3) is 3.05. The summed E-state index contributed by atoms with van der Waals surface area (Å²) >= 11 is 6.15. The molecule has 1 saturated heterocycles. The summed E-state index contributed by atoms with van der Waals surface area (Å²) in [6.07, 6.45) is 0. The zero-order valence-electron chi connectivity index (χ0n) is 17.1. The van der Waals surface area contributed by atoms with Crippen molar-refractivity contribution in [3.63, 3.8) is 0 Å². The van der Waals surface area contributed by atoms with Crippen LogP contribution in [0.4, 0.5) is 24.5 Å². The molecular formula is C23H14ClF3N2O4S. The van der Waals surface area contributed by atoms with Crippen LogP contribution in [-0.2, 0) is 30.8 Å². The first-order valence-electron chi connectivity index (χ1n) is 9.93. The van der Waals surface area contributed by atoms with E-state index in [2.05, 4.69) is 0 Å². The zero-order chi connectivity index (χ0) is 24.4. The summed E-state index contributed by atoms with van der Waals surface area (Å²) in [5.74, 6) is -5.99. The van der Waals surface area contributed by atoms with Crippen molar-refractivity contribution in [3.05, 3.63) is 94.3 Å². The molecule has 3 aromatic rings. The first-order chi connectivity index (χ1) is 16.1. The van der Waals surface area contributed by atoms with E-state index in [1.807, 2.05) is 0 Å². The third-order valence-electron chi connectivity index (χ3n) is 5.89. The number of halogens is 4. The van der Waals surface area contributed by atoms with Gasteiger partial charge in [0.05, 0.1) is 12.2 Å². The Hall–Kier alpha value is -3.37. The van der Waals surface area contributed by atoms with Crippen LogP contribution in [0.2, 0.25) is 5.02 Å². The average Bonchev–Trinajstić information content (AvgIpc) is 3.14. The van der Waals surface area contributed by atoms with Crippen molar-refractivity contribution in [2.45, 2.75) is 11.4 Å². The second-order valence-electron chi connectivity index (χ2n) is 7.91. The van der Waals surface area contributed by atoms with E-state index in [1.54, 1.807) is 0 Å². The van der Waals surface area contributed by atoms with E-state index >= 15 is 0 Å². The van der Waals surface area contributed by atoms with Gasteiger partial charge >= 0.3 is 0 Å². The van der Waals surface area contributed by atoms with Gasteiger partial charge in [0.1, 0.15) is 11.6 Å². The van der Waals surface area contributed by atoms with Gasteiger partial charge in [-0.25, -0.2) is 21.6 Å². The van der Waals surface area contributed by atoms with Crippen molar-refractivity contribution in [3.8, 4) is 0 Å². The summed E-state index contributed by atoms with van der Waals surface area (Å²) in [4.78, 5) is 26.2. The van der Waals surface area contributed by atoms with Crippen LogP contribution in [0.5, 0.6) is 0 Å². The molecule has 1 unspecified atom stereocenters. The normalized spacial score (nSPS) is 20.9. The van der Waals surface area contributed by atoms with Crippen molar-refractivity contribution in [1.29, 1.82) is 0 Å². The maximum atomic E-state index is 14.1. The molecule has 1 atom stereocenters. The highest BCUT2D eigenvalue weighted by Gasteiger charge is 2.69. The molecule has 0 aromatic heterocycles. The molecule has 0 aliphatic carbocycles. The molecule has 3 aromatic carbocycles. The van der Waals surface area contributed by atoms with E-state index in [-0.39, 0.29) is 28.5 Å². The molecule has 2 amide bonds. The highest BCUT2D eigenvalue weighted by atomic mass is 35.5. The molecule has 5 rings (SSSR count). The highest BCUT2D eigenvalue weighted by Crippen LogP contribution is 2.53. The molecule has 0 bridgehead atoms. The van der Waals surface area contributed by atoms with Gasteiger partial charge in [-0.05, 0) is 48.0 Å². The largest absolute Gasteiger partial charge is 0.304 e. The van der Waals surface area contributed by atoms with Crippen molar-refractivity contribution >= 4 is 44.6 Å². The van der Waals surface area contributed by atoms with E-state index in [0.717, 1.165) is 17.0 Å². The van der Waals surface area contributed by atoms with Gasteiger partial charge in [0.25, 0.3) is 10.8 Å². The number of fused-ring (bicyclic) bond motifs is 2. The van der Waals surface area contributed by atoms with Crippen LogP contribution in [0.15, 0.2) is 60.7 Å². The minimum Gasteiger partial charge on any atom is -0.304 e. The van der Waals surface area contributed by atoms with E-state index in [0.29, 0.717) is 16.5 Å². The summed E-state index contributed by atoms with van der Waals surface area (Å²) < 4.78 is 68.0. The van der Waals surface area contributed by atoms with Crippen LogP contribution in [0.3, 0.4) is 0 Å². The number of carbonyl (C=O) groups excluding carboxylic acids is 2. The van der Waals surface area contributed by atoms with E-state index in [9.17, 15) is 31.2 Å². The Kier molecular flexibility index (Phi) is 4.99. The van der Waals surface area contributed by atoms with Gasteiger partial charge in [-0.1, -0.05) is 23.7 Å². The number of hydrogen-bond acceptors (Lipinski definition) is 4. The highest BCUT2D eigenvalue weighted by molar-refractivity contribution is 7.94. The maximum absolute atomic E-state index is 14.1. The fourth-order valence-electron chi connectivity index (χ4n) is 4.46. The lowest BCUT2D eigenvalue weighted by Crippen LogP contribution is -2.54. The topological polar surface area (TPSA) is 74.8 Å². The summed E-state index contributed by atoms with van der Waals surface area (Å²) in [6.45, 7) is -0.134. The Labute approximate surface area is 197 Å². The van der Waals surface area contributed by atoms with Crippen molar-refractivity contribution in [1.82, 2.24) is 0 Å². The molecule has 2 aliphatic rings. The number of anilines is 2. The van der Waals surface area contributed by atoms with Gasteiger partial charge in [-0.3, -0.25) is 14.5 Å². The second kappa shape index (κ2) is 7.57. The molecule has 0 N–H and O–H groups in total. The monoisotopic (exact) mass is 506 g/mol. The minimum absolute atomic E-state index is 0.0808. The van der Waals surface area contributed by atoms with Crippen LogP contribution in [0.25, 0.3) is 0 Å².